The predicted molar refractivity (Wildman–Crippen MR) is 45.4 cm³/mol. The summed E-state index contributed by atoms with van der Waals surface area (Å²) in [5.41, 5.74) is 5.98. The van der Waals surface area contributed by atoms with Crippen LogP contribution in [0, 0.1) is 0 Å². The summed E-state index contributed by atoms with van der Waals surface area (Å²) in [6.07, 6.45) is -3.06. The summed E-state index contributed by atoms with van der Waals surface area (Å²) < 4.78 is 34.0. The third-order valence-corrected chi connectivity index (χ3v) is 1.92. The fourth-order valence-corrected chi connectivity index (χ4v) is 1.38. The van der Waals surface area contributed by atoms with E-state index in [0.29, 0.717) is 18.5 Å². The van der Waals surface area contributed by atoms with Crippen molar-refractivity contribution in [3.63, 3.8) is 0 Å². The molecule has 3 nitrogen and oxygen atoms in total. The molecule has 0 aromatic heterocycles. The number of alkyl halides is 2. The van der Waals surface area contributed by atoms with Gasteiger partial charge in [-0.05, 0) is 24.6 Å². The maximum atomic E-state index is 12.7. The summed E-state index contributed by atoms with van der Waals surface area (Å²) in [7, 11) is 0. The average molecular weight is 201 g/mol. The molecule has 2 rings (SSSR count). The topological polar surface area (TPSA) is 44.5 Å². The van der Waals surface area contributed by atoms with Gasteiger partial charge in [-0.1, -0.05) is 12.1 Å². The minimum Gasteiger partial charge on any atom is -0.395 e. The summed E-state index contributed by atoms with van der Waals surface area (Å²) in [5, 5.41) is 0. The van der Waals surface area contributed by atoms with Crippen LogP contribution in [0.4, 0.5) is 8.78 Å². The van der Waals surface area contributed by atoms with Gasteiger partial charge in [-0.3, -0.25) is 0 Å². The van der Waals surface area contributed by atoms with E-state index in [0.717, 1.165) is 0 Å². The lowest BCUT2D eigenvalue weighted by Gasteiger charge is -2.06. The molecule has 1 aliphatic rings. The molecular formula is C9H9F2NO2. The fourth-order valence-electron chi connectivity index (χ4n) is 1.38. The van der Waals surface area contributed by atoms with Gasteiger partial charge < -0.3 is 15.2 Å². The van der Waals surface area contributed by atoms with E-state index in [-0.39, 0.29) is 11.5 Å². The molecule has 14 heavy (non-hydrogen) atoms. The van der Waals surface area contributed by atoms with Gasteiger partial charge in [-0.15, -0.1) is 8.78 Å². The lowest BCUT2D eigenvalue weighted by Crippen LogP contribution is -2.26. The van der Waals surface area contributed by atoms with Gasteiger partial charge in [0.05, 0.1) is 0 Å². The Bertz CT molecular complexity index is 355. The number of halogens is 2. The van der Waals surface area contributed by atoms with Gasteiger partial charge in [0.25, 0.3) is 0 Å². The van der Waals surface area contributed by atoms with Crippen molar-refractivity contribution >= 4 is 0 Å². The Hall–Kier alpha value is -1.36. The molecule has 2 N–H and O–H groups in total. The van der Waals surface area contributed by atoms with Crippen molar-refractivity contribution in [3.8, 4) is 11.5 Å². The highest BCUT2D eigenvalue weighted by atomic mass is 19.3. The summed E-state index contributed by atoms with van der Waals surface area (Å²) in [4.78, 5) is 0. The van der Waals surface area contributed by atoms with Gasteiger partial charge in [0.1, 0.15) is 0 Å². The van der Waals surface area contributed by atoms with Crippen molar-refractivity contribution in [1.82, 2.24) is 0 Å². The third-order valence-electron chi connectivity index (χ3n) is 1.92. The Balaban J connectivity index is 2.36. The van der Waals surface area contributed by atoms with E-state index in [2.05, 4.69) is 9.47 Å². The zero-order valence-electron chi connectivity index (χ0n) is 7.30. The number of hydrogen-bond acceptors (Lipinski definition) is 3. The minimum absolute atomic E-state index is 0.0703. The van der Waals surface area contributed by atoms with E-state index in [1.165, 1.54) is 6.07 Å². The van der Waals surface area contributed by atoms with E-state index in [1.807, 2.05) is 0 Å². The molecule has 0 aliphatic carbocycles. The van der Waals surface area contributed by atoms with Crippen LogP contribution in [0.25, 0.3) is 0 Å². The molecule has 1 aliphatic heterocycles. The molecule has 1 aromatic rings. The van der Waals surface area contributed by atoms with E-state index >= 15 is 0 Å². The SMILES string of the molecule is NCCc1cccc2c1OC(F)(F)O2. The van der Waals surface area contributed by atoms with Crippen LogP contribution in [-0.4, -0.2) is 12.8 Å². The van der Waals surface area contributed by atoms with Crippen LogP contribution in [0.3, 0.4) is 0 Å². The number of nitrogens with two attached hydrogens (primary N) is 1. The van der Waals surface area contributed by atoms with Crippen molar-refractivity contribution in [2.24, 2.45) is 5.73 Å². The normalized spacial score (nSPS) is 17.1. The van der Waals surface area contributed by atoms with Crippen molar-refractivity contribution < 1.29 is 18.3 Å². The lowest BCUT2D eigenvalue weighted by atomic mass is 10.1. The first kappa shape index (κ1) is 9.21. The molecule has 5 heteroatoms. The summed E-state index contributed by atoms with van der Waals surface area (Å²) in [6, 6.07) is 4.77. The van der Waals surface area contributed by atoms with Gasteiger partial charge in [-0.2, -0.15) is 0 Å². The first-order valence-corrected chi connectivity index (χ1v) is 4.20. The maximum Gasteiger partial charge on any atom is 0.586 e. The molecule has 76 valence electrons. The minimum atomic E-state index is -3.55. The monoisotopic (exact) mass is 201 g/mol. The van der Waals surface area contributed by atoms with Crippen molar-refractivity contribution in [2.75, 3.05) is 6.54 Å². The largest absolute Gasteiger partial charge is 0.586 e. The second kappa shape index (κ2) is 3.09. The zero-order valence-corrected chi connectivity index (χ0v) is 7.30. The van der Waals surface area contributed by atoms with Crippen LogP contribution in [0.1, 0.15) is 5.56 Å². The maximum absolute atomic E-state index is 12.7. The Labute approximate surface area is 79.4 Å². The molecule has 0 unspecified atom stereocenters. The Morgan fingerprint density at radius 1 is 1.29 bits per heavy atom. The third kappa shape index (κ3) is 1.50. The molecule has 0 bridgehead atoms. The van der Waals surface area contributed by atoms with Crippen LogP contribution in [-0.2, 0) is 6.42 Å². The standard InChI is InChI=1S/C9H9F2NO2/c10-9(11)13-7-3-1-2-6(4-5-12)8(7)14-9/h1-3H,4-5,12H2. The number of benzene rings is 1. The van der Waals surface area contributed by atoms with Crippen molar-refractivity contribution in [1.29, 1.82) is 0 Å². The van der Waals surface area contributed by atoms with Crippen LogP contribution in [0.2, 0.25) is 0 Å². The van der Waals surface area contributed by atoms with Gasteiger partial charge in [0.15, 0.2) is 11.5 Å². The highest BCUT2D eigenvalue weighted by Gasteiger charge is 2.44. The second-order valence-corrected chi connectivity index (χ2v) is 2.95. The smallest absolute Gasteiger partial charge is 0.395 e. The molecular weight excluding hydrogens is 192 g/mol. The first-order chi connectivity index (χ1) is 6.62. The van der Waals surface area contributed by atoms with Crippen LogP contribution >= 0.6 is 0 Å². The molecule has 0 saturated carbocycles. The molecule has 0 atom stereocenters. The number of ether oxygens (including phenoxy) is 2. The Kier molecular flexibility index (Phi) is 2.03. The molecule has 0 radical (unpaired) electrons. The predicted octanol–water partition coefficient (Wildman–Crippen LogP) is 1.51. The highest BCUT2D eigenvalue weighted by Crippen LogP contribution is 2.43. The number of para-hydroxylation sites is 1. The van der Waals surface area contributed by atoms with Gasteiger partial charge in [-0.25, -0.2) is 0 Å². The molecule has 0 saturated heterocycles. The number of rotatable bonds is 2. The van der Waals surface area contributed by atoms with Crippen molar-refractivity contribution in [2.45, 2.75) is 12.7 Å². The van der Waals surface area contributed by atoms with Crippen LogP contribution < -0.4 is 15.2 Å². The van der Waals surface area contributed by atoms with Gasteiger partial charge in [0.2, 0.25) is 0 Å². The Morgan fingerprint density at radius 3 is 2.79 bits per heavy atom. The lowest BCUT2D eigenvalue weighted by molar-refractivity contribution is -0.286. The van der Waals surface area contributed by atoms with Crippen LogP contribution in [0.15, 0.2) is 18.2 Å². The zero-order chi connectivity index (χ0) is 10.2. The average Bonchev–Trinajstić information content (AvgIpc) is 2.41. The summed E-state index contributed by atoms with van der Waals surface area (Å²) >= 11 is 0. The Morgan fingerprint density at radius 2 is 2.07 bits per heavy atom. The van der Waals surface area contributed by atoms with Gasteiger partial charge in [0, 0.05) is 0 Å². The van der Waals surface area contributed by atoms with Gasteiger partial charge >= 0.3 is 6.29 Å². The van der Waals surface area contributed by atoms with E-state index in [9.17, 15) is 8.78 Å². The molecule has 1 heterocycles. The molecule has 0 spiro atoms. The molecule has 0 amide bonds. The van der Waals surface area contributed by atoms with Crippen LogP contribution in [0.5, 0.6) is 11.5 Å². The molecule has 0 fully saturated rings. The second-order valence-electron chi connectivity index (χ2n) is 2.95. The van der Waals surface area contributed by atoms with E-state index in [1.54, 1.807) is 12.1 Å². The molecule has 1 aromatic carbocycles. The first-order valence-electron chi connectivity index (χ1n) is 4.20. The highest BCUT2D eigenvalue weighted by molar-refractivity contribution is 5.48. The number of fused-ring (bicyclic) bond motifs is 1. The van der Waals surface area contributed by atoms with E-state index in [4.69, 9.17) is 5.73 Å². The van der Waals surface area contributed by atoms with E-state index < -0.39 is 6.29 Å². The van der Waals surface area contributed by atoms with Crippen molar-refractivity contribution in [3.05, 3.63) is 23.8 Å². The summed E-state index contributed by atoms with van der Waals surface area (Å²) in [5.74, 6) is 0.170. The quantitative estimate of drug-likeness (QED) is 0.788. The fraction of sp³-hybridized carbons (Fsp3) is 0.333. The summed E-state index contributed by atoms with van der Waals surface area (Å²) in [6.45, 7) is 0.380. The number of hydrogen-bond donors (Lipinski definition) is 1.